The van der Waals surface area contributed by atoms with E-state index in [9.17, 15) is 15.3 Å². The van der Waals surface area contributed by atoms with E-state index in [1.807, 2.05) is 30.3 Å². The van der Waals surface area contributed by atoms with Crippen LogP contribution in [0.5, 0.6) is 40.2 Å². The zero-order chi connectivity index (χ0) is 26.6. The molecule has 0 unspecified atom stereocenters. The van der Waals surface area contributed by atoms with E-state index in [0.29, 0.717) is 23.0 Å². The zero-order valence-corrected chi connectivity index (χ0v) is 21.3. The smallest absolute Gasteiger partial charge is 0.160 e. The van der Waals surface area contributed by atoms with Gasteiger partial charge in [0.05, 0.1) is 27.2 Å². The molecule has 4 aromatic rings. The summed E-state index contributed by atoms with van der Waals surface area (Å²) in [6, 6.07) is 17.8. The first-order valence-electron chi connectivity index (χ1n) is 12.4. The van der Waals surface area contributed by atoms with Crippen molar-refractivity contribution < 1.29 is 34.3 Å². The maximum absolute atomic E-state index is 10.6. The molecule has 0 saturated heterocycles. The number of aromatic hydroxyl groups is 3. The molecule has 0 saturated carbocycles. The Kier molecular flexibility index (Phi) is 5.71. The maximum atomic E-state index is 10.6. The summed E-state index contributed by atoms with van der Waals surface area (Å²) in [4.78, 5) is 0. The summed E-state index contributed by atoms with van der Waals surface area (Å²) in [5.74, 6) is 2.37. The van der Waals surface area contributed by atoms with E-state index in [-0.39, 0.29) is 23.2 Å². The van der Waals surface area contributed by atoms with Crippen LogP contribution in [-0.4, -0.2) is 36.6 Å². The van der Waals surface area contributed by atoms with Gasteiger partial charge in [-0.2, -0.15) is 0 Å². The maximum Gasteiger partial charge on any atom is 0.160 e. The van der Waals surface area contributed by atoms with Crippen LogP contribution in [0.25, 0.3) is 11.1 Å². The molecule has 0 amide bonds. The van der Waals surface area contributed by atoms with Gasteiger partial charge in [0.25, 0.3) is 0 Å². The number of fused-ring (bicyclic) bond motifs is 5. The number of methoxy groups -OCH3 is 3. The summed E-state index contributed by atoms with van der Waals surface area (Å²) in [5.41, 5.74) is 6.84. The molecule has 1 aliphatic heterocycles. The fraction of sp³-hybridized carbons (Fsp3) is 0.226. The second-order valence-corrected chi connectivity index (χ2v) is 9.60. The van der Waals surface area contributed by atoms with Gasteiger partial charge in [-0.15, -0.1) is 0 Å². The first-order chi connectivity index (χ1) is 18.4. The summed E-state index contributed by atoms with van der Waals surface area (Å²) in [5, 5.41) is 30.9. The molecule has 3 N–H and O–H groups in total. The fourth-order valence-corrected chi connectivity index (χ4v) is 5.88. The van der Waals surface area contributed by atoms with Crippen LogP contribution < -0.4 is 18.9 Å². The summed E-state index contributed by atoms with van der Waals surface area (Å²) >= 11 is 0. The molecule has 2 atom stereocenters. The summed E-state index contributed by atoms with van der Waals surface area (Å²) < 4.78 is 23.4. The van der Waals surface area contributed by atoms with Crippen molar-refractivity contribution in [2.45, 2.75) is 24.9 Å². The van der Waals surface area contributed by atoms with Crippen molar-refractivity contribution >= 4 is 0 Å². The van der Waals surface area contributed by atoms with Crippen LogP contribution in [0.2, 0.25) is 0 Å². The third-order valence-corrected chi connectivity index (χ3v) is 7.53. The van der Waals surface area contributed by atoms with Gasteiger partial charge in [-0.3, -0.25) is 0 Å². The highest BCUT2D eigenvalue weighted by atomic mass is 16.5. The number of phenolic OH excluding ortho intramolecular Hbond substituents is 3. The minimum Gasteiger partial charge on any atom is -0.508 e. The molecule has 0 bridgehead atoms. The van der Waals surface area contributed by atoms with Crippen LogP contribution in [0.1, 0.15) is 39.8 Å². The standard InChI is InChI=1S/C31H28O7/c1-35-21-12-18(11-20(33)14-21)28-30-23-7-4-16-10-19(32)6-8-22(16)29(23)26(37-3)15-27(30)38-31(28)17-5-9-24(34)25(13-17)36-2/h5-6,8-15,28,31-34H,4,7H2,1-3H3/t28-,31+/m1/s1. The lowest BCUT2D eigenvalue weighted by Crippen LogP contribution is -2.14. The molecular weight excluding hydrogens is 484 g/mol. The third-order valence-electron chi connectivity index (χ3n) is 7.53. The van der Waals surface area contributed by atoms with Crippen LogP contribution in [-0.2, 0) is 12.8 Å². The van der Waals surface area contributed by atoms with Crippen molar-refractivity contribution in [2.24, 2.45) is 0 Å². The first kappa shape index (κ1) is 23.9. The van der Waals surface area contributed by atoms with Crippen LogP contribution >= 0.6 is 0 Å². The number of hydrogen-bond acceptors (Lipinski definition) is 7. The molecule has 1 aliphatic carbocycles. The van der Waals surface area contributed by atoms with Crippen molar-refractivity contribution in [3.05, 3.63) is 88.5 Å². The van der Waals surface area contributed by atoms with Crippen molar-refractivity contribution in [3.63, 3.8) is 0 Å². The number of hydrogen-bond donors (Lipinski definition) is 3. The number of rotatable bonds is 5. The van der Waals surface area contributed by atoms with E-state index in [2.05, 4.69) is 0 Å². The largest absolute Gasteiger partial charge is 0.508 e. The predicted octanol–water partition coefficient (Wildman–Crippen LogP) is 5.86. The molecule has 0 radical (unpaired) electrons. The highest BCUT2D eigenvalue weighted by Crippen LogP contribution is 2.57. The molecule has 1 heterocycles. The van der Waals surface area contributed by atoms with Crippen molar-refractivity contribution in [1.82, 2.24) is 0 Å². The number of benzene rings is 4. The molecule has 4 aromatic carbocycles. The lowest BCUT2D eigenvalue weighted by atomic mass is 9.76. The minimum atomic E-state index is -0.469. The average Bonchev–Trinajstić information content (AvgIpc) is 3.31. The molecular formula is C31H28O7. The third kappa shape index (κ3) is 3.74. The fourth-order valence-electron chi connectivity index (χ4n) is 5.88. The molecule has 194 valence electrons. The van der Waals surface area contributed by atoms with Crippen LogP contribution in [0.15, 0.2) is 60.7 Å². The number of ether oxygens (including phenoxy) is 4. The van der Waals surface area contributed by atoms with Crippen molar-refractivity contribution in [1.29, 1.82) is 0 Å². The quantitative estimate of drug-likeness (QED) is 0.308. The summed E-state index contributed by atoms with van der Waals surface area (Å²) in [6.45, 7) is 0. The van der Waals surface area contributed by atoms with Gasteiger partial charge in [0.2, 0.25) is 0 Å². The van der Waals surface area contributed by atoms with E-state index >= 15 is 0 Å². The van der Waals surface area contributed by atoms with Gasteiger partial charge < -0.3 is 34.3 Å². The number of phenols is 3. The SMILES string of the molecule is COc1cc(O)cc([C@@H]2c3c(cc(OC)c4c3CCc3cc(O)ccc3-4)O[C@H]2c2ccc(O)c(OC)c2)c1. The topological polar surface area (TPSA) is 97.6 Å². The molecule has 38 heavy (non-hydrogen) atoms. The van der Waals surface area contributed by atoms with E-state index in [1.54, 1.807) is 44.6 Å². The van der Waals surface area contributed by atoms with Gasteiger partial charge in [-0.05, 0) is 77.1 Å². The molecule has 0 aromatic heterocycles. The van der Waals surface area contributed by atoms with Crippen LogP contribution in [0.3, 0.4) is 0 Å². The summed E-state index contributed by atoms with van der Waals surface area (Å²) in [7, 11) is 4.72. The zero-order valence-electron chi connectivity index (χ0n) is 21.3. The van der Waals surface area contributed by atoms with Crippen LogP contribution in [0.4, 0.5) is 0 Å². The highest BCUT2D eigenvalue weighted by molar-refractivity contribution is 5.83. The Morgan fingerprint density at radius 3 is 2.32 bits per heavy atom. The van der Waals surface area contributed by atoms with E-state index < -0.39 is 6.10 Å². The highest BCUT2D eigenvalue weighted by Gasteiger charge is 2.42. The Bertz CT molecular complexity index is 1560. The van der Waals surface area contributed by atoms with Gasteiger partial charge >= 0.3 is 0 Å². The second-order valence-electron chi connectivity index (χ2n) is 9.60. The van der Waals surface area contributed by atoms with E-state index in [0.717, 1.165) is 51.8 Å². The van der Waals surface area contributed by atoms with Gasteiger partial charge in [0.15, 0.2) is 11.5 Å². The lowest BCUT2D eigenvalue weighted by Gasteiger charge is -2.27. The summed E-state index contributed by atoms with van der Waals surface area (Å²) in [6.07, 6.45) is 1.01. The van der Waals surface area contributed by atoms with Gasteiger partial charge in [0, 0.05) is 23.3 Å². The molecule has 0 fully saturated rings. The second kappa shape index (κ2) is 9.10. The van der Waals surface area contributed by atoms with Gasteiger partial charge in [-0.1, -0.05) is 12.1 Å². The van der Waals surface area contributed by atoms with Crippen molar-refractivity contribution in [3.8, 4) is 51.4 Å². The van der Waals surface area contributed by atoms with Crippen LogP contribution in [0, 0.1) is 0 Å². The Hall–Kier alpha value is -4.52. The van der Waals surface area contributed by atoms with E-state index in [1.165, 1.54) is 7.11 Å². The number of aryl methyl sites for hydroxylation is 1. The molecule has 2 aliphatic rings. The average molecular weight is 513 g/mol. The molecule has 7 heteroatoms. The van der Waals surface area contributed by atoms with Crippen molar-refractivity contribution in [2.75, 3.05) is 21.3 Å². The monoisotopic (exact) mass is 512 g/mol. The van der Waals surface area contributed by atoms with Gasteiger partial charge in [0.1, 0.15) is 34.9 Å². The predicted molar refractivity (Wildman–Crippen MR) is 142 cm³/mol. The minimum absolute atomic E-state index is 0.0428. The Morgan fingerprint density at radius 1 is 0.737 bits per heavy atom. The molecule has 6 rings (SSSR count). The lowest BCUT2D eigenvalue weighted by molar-refractivity contribution is 0.220. The Morgan fingerprint density at radius 2 is 1.55 bits per heavy atom. The molecule has 7 nitrogen and oxygen atoms in total. The first-order valence-corrected chi connectivity index (χ1v) is 12.4. The Labute approximate surface area is 220 Å². The molecule has 0 spiro atoms. The normalized spacial score (nSPS) is 17.1. The Balaban J connectivity index is 1.61. The van der Waals surface area contributed by atoms with E-state index in [4.69, 9.17) is 18.9 Å². The van der Waals surface area contributed by atoms with Gasteiger partial charge in [-0.25, -0.2) is 0 Å².